The molecule has 0 aromatic carbocycles. The van der Waals surface area contributed by atoms with Crippen LogP contribution in [0.4, 0.5) is 0 Å². The van der Waals surface area contributed by atoms with Gasteiger partial charge in [-0.1, -0.05) is 262 Å². The number of ether oxygens (including phenoxy) is 1. The van der Waals surface area contributed by atoms with E-state index in [2.05, 4.69) is 43.4 Å². The van der Waals surface area contributed by atoms with Gasteiger partial charge in [-0.25, -0.2) is 0 Å². The van der Waals surface area contributed by atoms with Crippen LogP contribution in [0.1, 0.15) is 283 Å². The van der Waals surface area contributed by atoms with Crippen LogP contribution in [-0.4, -0.2) is 24.3 Å². The first-order valence-corrected chi connectivity index (χ1v) is 25.5. The van der Waals surface area contributed by atoms with Crippen molar-refractivity contribution in [2.75, 3.05) is 13.2 Å². The smallest absolute Gasteiger partial charge is 0.305 e. The highest BCUT2D eigenvalue weighted by atomic mass is 16.5. The van der Waals surface area contributed by atoms with E-state index in [4.69, 9.17) is 9.84 Å². The van der Waals surface area contributed by atoms with Crippen molar-refractivity contribution in [3.8, 4) is 0 Å². The summed E-state index contributed by atoms with van der Waals surface area (Å²) in [6, 6.07) is 0. The quantitative estimate of drug-likeness (QED) is 0.0380. The Bertz CT molecular complexity index is 814. The van der Waals surface area contributed by atoms with Crippen LogP contribution in [0, 0.1) is 0 Å². The summed E-state index contributed by atoms with van der Waals surface area (Å²) >= 11 is 0. The Hall–Kier alpha value is -1.35. The van der Waals surface area contributed by atoms with E-state index in [1.165, 1.54) is 225 Å². The molecule has 0 aliphatic heterocycles. The molecular weight excluding hydrogens is 685 g/mol. The third kappa shape index (κ3) is 50.7. The van der Waals surface area contributed by atoms with Gasteiger partial charge in [0.1, 0.15) is 0 Å². The molecule has 56 heavy (non-hydrogen) atoms. The van der Waals surface area contributed by atoms with Crippen LogP contribution < -0.4 is 0 Å². The van der Waals surface area contributed by atoms with Crippen LogP contribution >= 0.6 is 0 Å². The Balaban J connectivity index is 3.16. The fourth-order valence-electron chi connectivity index (χ4n) is 7.84. The number of unbranched alkanes of at least 4 members (excludes halogenated alkanes) is 37. The van der Waals surface area contributed by atoms with E-state index in [-0.39, 0.29) is 5.97 Å². The summed E-state index contributed by atoms with van der Waals surface area (Å²) in [5, 5.41) is 8.82. The summed E-state index contributed by atoms with van der Waals surface area (Å²) in [6.45, 7) is 3.16. The largest absolute Gasteiger partial charge is 0.466 e. The first-order chi connectivity index (χ1) is 27.8. The maximum Gasteiger partial charge on any atom is 0.305 e. The lowest BCUT2D eigenvalue weighted by Gasteiger charge is -2.06. The summed E-state index contributed by atoms with van der Waals surface area (Å²) in [5.41, 5.74) is 0. The topological polar surface area (TPSA) is 46.5 Å². The normalized spacial score (nSPS) is 12.0. The SMILES string of the molecule is CC/C=C\C/C=C\C/C=C\CCCCCCCC(=O)OCCCCCCCCCCCCCCCCCCCCCCCCCCCCCCCCCCCO. The Morgan fingerprint density at radius 1 is 0.357 bits per heavy atom. The molecule has 0 aromatic heterocycles. The fourth-order valence-corrected chi connectivity index (χ4v) is 7.84. The van der Waals surface area contributed by atoms with Gasteiger partial charge in [0, 0.05) is 13.0 Å². The van der Waals surface area contributed by atoms with Gasteiger partial charge in [-0.05, 0) is 51.4 Å². The lowest BCUT2D eigenvalue weighted by molar-refractivity contribution is -0.143. The highest BCUT2D eigenvalue weighted by molar-refractivity contribution is 5.69. The zero-order valence-corrected chi connectivity index (χ0v) is 38.0. The molecule has 3 heteroatoms. The number of aliphatic hydroxyl groups excluding tert-OH is 1. The third-order valence-corrected chi connectivity index (χ3v) is 11.6. The second kappa shape index (κ2) is 51.7. The van der Waals surface area contributed by atoms with Gasteiger partial charge >= 0.3 is 5.97 Å². The summed E-state index contributed by atoms with van der Waals surface area (Å²) in [5.74, 6) is 0.00854. The Kier molecular flexibility index (Phi) is 50.4. The molecule has 0 fully saturated rings. The first kappa shape index (κ1) is 54.6. The number of aliphatic hydroxyl groups is 1. The molecule has 0 radical (unpaired) electrons. The van der Waals surface area contributed by atoms with Crippen LogP contribution in [0.2, 0.25) is 0 Å². The minimum absolute atomic E-state index is 0.00854. The lowest BCUT2D eigenvalue weighted by Crippen LogP contribution is -2.05. The number of carbonyl (C=O) groups excluding carboxylic acids is 1. The maximum atomic E-state index is 12.0. The zero-order valence-electron chi connectivity index (χ0n) is 38.0. The molecule has 1 N–H and O–H groups in total. The Labute approximate surface area is 352 Å². The van der Waals surface area contributed by atoms with E-state index in [0.717, 1.165) is 44.9 Å². The van der Waals surface area contributed by atoms with Crippen molar-refractivity contribution < 1.29 is 14.6 Å². The second-order valence-corrected chi connectivity index (χ2v) is 17.2. The molecule has 3 nitrogen and oxygen atoms in total. The van der Waals surface area contributed by atoms with Gasteiger partial charge in [0.05, 0.1) is 6.61 Å². The molecule has 0 aliphatic rings. The molecule has 0 rings (SSSR count). The minimum atomic E-state index is 0.00854. The van der Waals surface area contributed by atoms with Gasteiger partial charge in [-0.15, -0.1) is 0 Å². The molecule has 330 valence electrons. The van der Waals surface area contributed by atoms with Crippen LogP contribution in [0.3, 0.4) is 0 Å². The summed E-state index contributed by atoms with van der Waals surface area (Å²) in [6.07, 6.45) is 70.2. The van der Waals surface area contributed by atoms with E-state index in [0.29, 0.717) is 19.6 Å². The standard InChI is InChI=1S/C53H100O3/c1-2-3-4-5-6-7-8-9-29-32-35-38-41-44-47-50-53(55)56-52-49-46-43-40-37-34-31-28-26-24-22-20-18-16-14-12-10-11-13-15-17-19-21-23-25-27-30-33-36-39-42-45-48-51-54/h3-4,6-7,9,29,54H,2,5,8,10-28,30-52H2,1H3/b4-3-,7-6-,29-9-. The van der Waals surface area contributed by atoms with Crippen molar-refractivity contribution in [2.24, 2.45) is 0 Å². The molecule has 0 aliphatic carbocycles. The van der Waals surface area contributed by atoms with Crippen molar-refractivity contribution in [3.63, 3.8) is 0 Å². The molecule has 0 amide bonds. The van der Waals surface area contributed by atoms with Crippen LogP contribution in [-0.2, 0) is 9.53 Å². The number of esters is 1. The third-order valence-electron chi connectivity index (χ3n) is 11.6. The van der Waals surface area contributed by atoms with Crippen molar-refractivity contribution in [2.45, 2.75) is 283 Å². The molecule has 0 spiro atoms. The van der Waals surface area contributed by atoms with Gasteiger partial charge in [-0.2, -0.15) is 0 Å². The average Bonchev–Trinajstić information content (AvgIpc) is 3.20. The maximum absolute atomic E-state index is 12.0. The predicted octanol–water partition coefficient (Wildman–Crippen LogP) is 18.0. The van der Waals surface area contributed by atoms with E-state index in [1.54, 1.807) is 0 Å². The fraction of sp³-hybridized carbons (Fsp3) is 0.868. The highest BCUT2D eigenvalue weighted by Gasteiger charge is 2.03. The van der Waals surface area contributed by atoms with E-state index >= 15 is 0 Å². The molecule has 0 atom stereocenters. The summed E-state index contributed by atoms with van der Waals surface area (Å²) in [4.78, 5) is 12.0. The van der Waals surface area contributed by atoms with Crippen molar-refractivity contribution in [1.29, 1.82) is 0 Å². The zero-order chi connectivity index (χ0) is 40.3. The van der Waals surface area contributed by atoms with Gasteiger partial charge in [0.15, 0.2) is 0 Å². The Morgan fingerprint density at radius 3 is 1.00 bits per heavy atom. The van der Waals surface area contributed by atoms with E-state index < -0.39 is 0 Å². The van der Waals surface area contributed by atoms with Gasteiger partial charge in [0.25, 0.3) is 0 Å². The number of allylic oxidation sites excluding steroid dienone is 6. The average molecular weight is 785 g/mol. The molecular formula is C53H100O3. The second-order valence-electron chi connectivity index (χ2n) is 17.2. The number of carbonyl (C=O) groups is 1. The van der Waals surface area contributed by atoms with Crippen molar-refractivity contribution in [3.05, 3.63) is 36.5 Å². The molecule has 0 heterocycles. The molecule has 0 bridgehead atoms. The summed E-state index contributed by atoms with van der Waals surface area (Å²) in [7, 11) is 0. The van der Waals surface area contributed by atoms with Crippen LogP contribution in [0.15, 0.2) is 36.5 Å². The molecule has 0 saturated heterocycles. The molecule has 0 aromatic rings. The Morgan fingerprint density at radius 2 is 0.643 bits per heavy atom. The highest BCUT2D eigenvalue weighted by Crippen LogP contribution is 2.17. The lowest BCUT2D eigenvalue weighted by atomic mass is 10.0. The molecule has 0 unspecified atom stereocenters. The number of hydrogen-bond donors (Lipinski definition) is 1. The first-order valence-electron chi connectivity index (χ1n) is 25.5. The molecule has 0 saturated carbocycles. The number of hydrogen-bond acceptors (Lipinski definition) is 3. The van der Waals surface area contributed by atoms with Crippen LogP contribution in [0.5, 0.6) is 0 Å². The van der Waals surface area contributed by atoms with Gasteiger partial charge < -0.3 is 9.84 Å². The van der Waals surface area contributed by atoms with E-state index in [1.807, 2.05) is 0 Å². The minimum Gasteiger partial charge on any atom is -0.466 e. The monoisotopic (exact) mass is 785 g/mol. The van der Waals surface area contributed by atoms with Crippen molar-refractivity contribution in [1.82, 2.24) is 0 Å². The predicted molar refractivity (Wildman–Crippen MR) is 250 cm³/mol. The number of rotatable bonds is 48. The van der Waals surface area contributed by atoms with Gasteiger partial charge in [-0.3, -0.25) is 4.79 Å². The van der Waals surface area contributed by atoms with Gasteiger partial charge in [0.2, 0.25) is 0 Å². The van der Waals surface area contributed by atoms with Crippen LogP contribution in [0.25, 0.3) is 0 Å². The van der Waals surface area contributed by atoms with Crippen molar-refractivity contribution >= 4 is 5.97 Å². The van der Waals surface area contributed by atoms with E-state index in [9.17, 15) is 4.79 Å². The summed E-state index contributed by atoms with van der Waals surface area (Å²) < 4.78 is 5.47.